The number of rotatable bonds is 14. The second-order valence-electron chi connectivity index (χ2n) is 11.3. The molecular formula is C33H48N2O2. The van der Waals surface area contributed by atoms with Crippen molar-refractivity contribution in [1.82, 2.24) is 9.80 Å². The van der Waals surface area contributed by atoms with Gasteiger partial charge < -0.3 is 9.47 Å². The summed E-state index contributed by atoms with van der Waals surface area (Å²) in [6.45, 7) is 10.6. The molecule has 2 saturated heterocycles. The van der Waals surface area contributed by atoms with E-state index >= 15 is 0 Å². The molecule has 0 spiro atoms. The van der Waals surface area contributed by atoms with Crippen molar-refractivity contribution in [1.29, 1.82) is 0 Å². The van der Waals surface area contributed by atoms with Gasteiger partial charge in [0.05, 0.1) is 26.4 Å². The molecule has 2 aromatic carbocycles. The lowest BCUT2D eigenvalue weighted by Gasteiger charge is -2.26. The van der Waals surface area contributed by atoms with Gasteiger partial charge in [-0.25, -0.2) is 0 Å². The fourth-order valence-electron chi connectivity index (χ4n) is 6.67. The van der Waals surface area contributed by atoms with Crippen LogP contribution in [0.3, 0.4) is 0 Å². The summed E-state index contributed by atoms with van der Waals surface area (Å²) in [7, 11) is 0. The molecule has 0 bridgehead atoms. The zero-order valence-electron chi connectivity index (χ0n) is 23.0. The van der Waals surface area contributed by atoms with Crippen molar-refractivity contribution in [2.75, 3.05) is 65.7 Å². The highest BCUT2D eigenvalue weighted by Crippen LogP contribution is 2.48. The van der Waals surface area contributed by atoms with Crippen LogP contribution in [0.1, 0.15) is 80.4 Å². The SMILES string of the molecule is c1ccc2c(c1)-c1cccc(CCCCCCN3CCOCC3)c1C2CCCCCCN1CCOCC1. The number of unbranched alkanes of at least 4 members (excludes halogenated alkanes) is 6. The quantitative estimate of drug-likeness (QED) is 0.274. The minimum Gasteiger partial charge on any atom is -0.379 e. The van der Waals surface area contributed by atoms with E-state index in [1.165, 1.54) is 88.4 Å². The minimum absolute atomic E-state index is 0.586. The fraction of sp³-hybridized carbons (Fsp3) is 0.636. The summed E-state index contributed by atoms with van der Waals surface area (Å²) >= 11 is 0. The Morgan fingerprint density at radius 2 is 1.19 bits per heavy atom. The molecule has 2 fully saturated rings. The van der Waals surface area contributed by atoms with Crippen LogP contribution in [-0.2, 0) is 15.9 Å². The van der Waals surface area contributed by atoms with Gasteiger partial charge in [-0.3, -0.25) is 9.80 Å². The number of nitrogens with zero attached hydrogens (tertiary/aromatic N) is 2. The van der Waals surface area contributed by atoms with Crippen molar-refractivity contribution in [2.45, 2.75) is 70.1 Å². The van der Waals surface area contributed by atoms with E-state index < -0.39 is 0 Å². The average molecular weight is 505 g/mol. The molecule has 0 saturated carbocycles. The molecule has 4 heteroatoms. The molecule has 2 aliphatic heterocycles. The predicted octanol–water partition coefficient (Wildman–Crippen LogP) is 6.52. The van der Waals surface area contributed by atoms with E-state index in [1.54, 1.807) is 16.7 Å². The smallest absolute Gasteiger partial charge is 0.0594 e. The van der Waals surface area contributed by atoms with Gasteiger partial charge in [-0.15, -0.1) is 0 Å². The molecule has 1 unspecified atom stereocenters. The molecule has 1 atom stereocenters. The Morgan fingerprint density at radius 1 is 0.595 bits per heavy atom. The maximum absolute atomic E-state index is 5.49. The molecule has 3 aliphatic rings. The molecule has 37 heavy (non-hydrogen) atoms. The second kappa shape index (κ2) is 14.4. The van der Waals surface area contributed by atoms with Gasteiger partial charge >= 0.3 is 0 Å². The van der Waals surface area contributed by atoms with Crippen LogP contribution >= 0.6 is 0 Å². The van der Waals surface area contributed by atoms with Crippen LogP contribution in [0.4, 0.5) is 0 Å². The number of fused-ring (bicyclic) bond motifs is 3. The van der Waals surface area contributed by atoms with Crippen molar-refractivity contribution in [3.05, 3.63) is 59.2 Å². The summed E-state index contributed by atoms with van der Waals surface area (Å²) < 4.78 is 11.0. The highest BCUT2D eigenvalue weighted by molar-refractivity contribution is 5.80. The fourth-order valence-corrected chi connectivity index (χ4v) is 6.67. The molecule has 4 nitrogen and oxygen atoms in total. The highest BCUT2D eigenvalue weighted by atomic mass is 16.5. The van der Waals surface area contributed by atoms with Gasteiger partial charge in [-0.05, 0) is 73.0 Å². The highest BCUT2D eigenvalue weighted by Gasteiger charge is 2.29. The van der Waals surface area contributed by atoms with E-state index in [1.807, 2.05) is 0 Å². The van der Waals surface area contributed by atoms with Crippen LogP contribution in [0.5, 0.6) is 0 Å². The van der Waals surface area contributed by atoms with E-state index in [9.17, 15) is 0 Å². The summed E-state index contributed by atoms with van der Waals surface area (Å²) in [6, 6.07) is 16.3. The topological polar surface area (TPSA) is 24.9 Å². The van der Waals surface area contributed by atoms with Crippen LogP contribution in [0.2, 0.25) is 0 Å². The zero-order valence-corrected chi connectivity index (χ0v) is 23.0. The lowest BCUT2D eigenvalue weighted by molar-refractivity contribution is 0.0371. The Morgan fingerprint density at radius 3 is 1.89 bits per heavy atom. The van der Waals surface area contributed by atoms with Gasteiger partial charge in [0.2, 0.25) is 0 Å². The molecule has 0 aromatic heterocycles. The molecule has 202 valence electrons. The maximum Gasteiger partial charge on any atom is 0.0594 e. The van der Waals surface area contributed by atoms with Gasteiger partial charge in [-0.1, -0.05) is 74.6 Å². The molecule has 1 aliphatic carbocycles. The van der Waals surface area contributed by atoms with Crippen LogP contribution in [0, 0.1) is 0 Å². The minimum atomic E-state index is 0.586. The largest absolute Gasteiger partial charge is 0.379 e. The van der Waals surface area contributed by atoms with E-state index in [0.29, 0.717) is 5.92 Å². The van der Waals surface area contributed by atoms with Crippen molar-refractivity contribution < 1.29 is 9.47 Å². The van der Waals surface area contributed by atoms with Gasteiger partial charge in [0.15, 0.2) is 0 Å². The van der Waals surface area contributed by atoms with Crippen molar-refractivity contribution >= 4 is 0 Å². The lowest BCUT2D eigenvalue weighted by atomic mass is 9.87. The molecular weight excluding hydrogens is 456 g/mol. The van der Waals surface area contributed by atoms with Gasteiger partial charge in [0.1, 0.15) is 0 Å². The first-order valence-corrected chi connectivity index (χ1v) is 15.2. The van der Waals surface area contributed by atoms with E-state index in [4.69, 9.17) is 9.47 Å². The standard InChI is InChI=1S/C33H48N2O2/c1(3-9-18-34-20-24-36-25-21-34)5-12-28-13-11-17-32-30-15-8-7-14-29(30)31(33(28)32)16-6-2-4-10-19-35-22-26-37-27-23-35/h7-8,11,13-15,17,31H,1-6,9-10,12,16,18-27H2. The van der Waals surface area contributed by atoms with E-state index in [2.05, 4.69) is 52.3 Å². The number of hydrogen-bond acceptors (Lipinski definition) is 4. The van der Waals surface area contributed by atoms with Crippen LogP contribution in [0.15, 0.2) is 42.5 Å². The number of ether oxygens (including phenoxy) is 2. The monoisotopic (exact) mass is 504 g/mol. The molecule has 0 N–H and O–H groups in total. The van der Waals surface area contributed by atoms with Crippen LogP contribution < -0.4 is 0 Å². The van der Waals surface area contributed by atoms with Crippen LogP contribution in [-0.4, -0.2) is 75.5 Å². The Balaban J connectivity index is 1.10. The average Bonchev–Trinajstić information content (AvgIpc) is 3.28. The summed E-state index contributed by atoms with van der Waals surface area (Å²) in [5.74, 6) is 0.586. The van der Waals surface area contributed by atoms with E-state index in [-0.39, 0.29) is 0 Å². The summed E-state index contributed by atoms with van der Waals surface area (Å²) in [5.41, 5.74) is 7.84. The first-order valence-electron chi connectivity index (χ1n) is 15.2. The second-order valence-corrected chi connectivity index (χ2v) is 11.3. The third-order valence-electron chi connectivity index (χ3n) is 8.77. The summed E-state index contributed by atoms with van der Waals surface area (Å²) in [6.07, 6.45) is 13.2. The third kappa shape index (κ3) is 7.44. The van der Waals surface area contributed by atoms with Gasteiger partial charge in [-0.2, -0.15) is 0 Å². The van der Waals surface area contributed by atoms with Crippen molar-refractivity contribution in [3.8, 4) is 11.1 Å². The Hall–Kier alpha value is -1.72. The van der Waals surface area contributed by atoms with Crippen LogP contribution in [0.25, 0.3) is 11.1 Å². The molecule has 0 amide bonds. The predicted molar refractivity (Wildman–Crippen MR) is 153 cm³/mol. The number of benzene rings is 2. The zero-order chi connectivity index (χ0) is 25.1. The normalized spacial score (nSPS) is 20.2. The third-order valence-corrected chi connectivity index (χ3v) is 8.77. The Bertz CT molecular complexity index is 949. The summed E-state index contributed by atoms with van der Waals surface area (Å²) in [4.78, 5) is 5.14. The first kappa shape index (κ1) is 26.9. The molecule has 0 radical (unpaired) electrons. The van der Waals surface area contributed by atoms with E-state index in [0.717, 1.165) is 52.6 Å². The number of hydrogen-bond donors (Lipinski definition) is 0. The van der Waals surface area contributed by atoms with Gasteiger partial charge in [0.25, 0.3) is 0 Å². The number of aryl methyl sites for hydroxylation is 1. The molecule has 2 heterocycles. The van der Waals surface area contributed by atoms with Crippen molar-refractivity contribution in [3.63, 3.8) is 0 Å². The molecule has 5 rings (SSSR count). The Labute approximate surface area is 225 Å². The maximum atomic E-state index is 5.49. The first-order chi connectivity index (χ1) is 18.4. The molecule has 2 aromatic rings. The lowest BCUT2D eigenvalue weighted by Crippen LogP contribution is -2.36. The van der Waals surface area contributed by atoms with Crippen molar-refractivity contribution in [2.24, 2.45) is 0 Å². The van der Waals surface area contributed by atoms with Gasteiger partial charge in [0, 0.05) is 32.1 Å². The Kier molecular flexibility index (Phi) is 10.5. The number of morpholine rings is 2. The summed E-state index contributed by atoms with van der Waals surface area (Å²) in [5, 5.41) is 0.